The Hall–Kier alpha value is -0.0400. The number of hydrogen-bond acceptors (Lipinski definition) is 1. The van der Waals surface area contributed by atoms with Crippen molar-refractivity contribution in [3.8, 4) is 0 Å². The highest BCUT2D eigenvalue weighted by Crippen LogP contribution is 2.31. The lowest BCUT2D eigenvalue weighted by atomic mass is 10.0. The predicted molar refractivity (Wildman–Crippen MR) is 35.6 cm³/mol. The fourth-order valence-corrected chi connectivity index (χ4v) is 1.58. The van der Waals surface area contributed by atoms with Crippen molar-refractivity contribution >= 4 is 0 Å². The Morgan fingerprint density at radius 3 is 2.38 bits per heavy atom. The van der Waals surface area contributed by atoms with Crippen LogP contribution in [0.3, 0.4) is 0 Å². The molecule has 1 aliphatic carbocycles. The first-order valence-corrected chi connectivity index (χ1v) is 3.39. The van der Waals surface area contributed by atoms with Crippen LogP contribution in [0, 0.1) is 5.92 Å². The summed E-state index contributed by atoms with van der Waals surface area (Å²) in [4.78, 5) is 0. The summed E-state index contributed by atoms with van der Waals surface area (Å²) in [6.45, 7) is 4.43. The van der Waals surface area contributed by atoms with Crippen LogP contribution in [0.5, 0.6) is 0 Å². The van der Waals surface area contributed by atoms with Gasteiger partial charge in [0.1, 0.15) is 0 Å². The lowest BCUT2D eigenvalue weighted by Crippen LogP contribution is -2.32. The summed E-state index contributed by atoms with van der Waals surface area (Å²) in [5.41, 5.74) is 6.03. The molecule has 8 heavy (non-hydrogen) atoms. The van der Waals surface area contributed by atoms with Gasteiger partial charge in [-0.15, -0.1) is 0 Å². The van der Waals surface area contributed by atoms with Crippen molar-refractivity contribution in [2.24, 2.45) is 11.7 Å². The molecule has 2 N–H and O–H groups in total. The van der Waals surface area contributed by atoms with Crippen LogP contribution in [0.25, 0.3) is 0 Å². The highest BCUT2D eigenvalue weighted by Gasteiger charge is 2.28. The third-order valence-electron chi connectivity index (χ3n) is 2.02. The molecule has 0 radical (unpaired) electrons. The summed E-state index contributed by atoms with van der Waals surface area (Å²) in [6, 6.07) is 0. The van der Waals surface area contributed by atoms with E-state index in [1.165, 1.54) is 19.3 Å². The van der Waals surface area contributed by atoms with Gasteiger partial charge in [-0.2, -0.15) is 0 Å². The first-order valence-electron chi connectivity index (χ1n) is 3.39. The zero-order valence-electron chi connectivity index (χ0n) is 5.78. The van der Waals surface area contributed by atoms with Crippen LogP contribution in [0.15, 0.2) is 0 Å². The third kappa shape index (κ3) is 1.22. The molecule has 1 heteroatoms. The van der Waals surface area contributed by atoms with Crippen molar-refractivity contribution in [2.45, 2.75) is 38.6 Å². The Balaban J connectivity index is 2.44. The van der Waals surface area contributed by atoms with Gasteiger partial charge in [0, 0.05) is 5.54 Å². The van der Waals surface area contributed by atoms with Crippen molar-refractivity contribution in [3.05, 3.63) is 0 Å². The molecule has 0 spiro atoms. The van der Waals surface area contributed by atoms with Crippen molar-refractivity contribution in [1.29, 1.82) is 0 Å². The van der Waals surface area contributed by atoms with Crippen molar-refractivity contribution in [2.75, 3.05) is 0 Å². The Labute approximate surface area is 51.3 Å². The molecule has 0 amide bonds. The van der Waals surface area contributed by atoms with Crippen LogP contribution in [0.1, 0.15) is 33.1 Å². The second-order valence-electron chi connectivity index (χ2n) is 3.50. The van der Waals surface area contributed by atoms with Crippen LogP contribution in [-0.2, 0) is 0 Å². The Kier molecular flexibility index (Phi) is 1.31. The zero-order chi connectivity index (χ0) is 6.20. The molecule has 1 nitrogen and oxygen atoms in total. The van der Waals surface area contributed by atoms with Gasteiger partial charge in [0.2, 0.25) is 0 Å². The summed E-state index contributed by atoms with van der Waals surface area (Å²) in [5.74, 6) is 0.866. The molecule has 1 rings (SSSR count). The molecule has 0 aromatic heterocycles. The molecular weight excluding hydrogens is 98.1 g/mol. The van der Waals surface area contributed by atoms with Gasteiger partial charge in [-0.25, -0.2) is 0 Å². The fourth-order valence-electron chi connectivity index (χ4n) is 1.58. The molecule has 2 unspecified atom stereocenters. The zero-order valence-corrected chi connectivity index (χ0v) is 5.78. The molecule has 1 saturated carbocycles. The van der Waals surface area contributed by atoms with E-state index in [0.717, 1.165) is 5.92 Å². The molecule has 0 aromatic carbocycles. The minimum Gasteiger partial charge on any atom is -0.325 e. The van der Waals surface area contributed by atoms with E-state index in [4.69, 9.17) is 5.73 Å². The fraction of sp³-hybridized carbons (Fsp3) is 1.00. The predicted octanol–water partition coefficient (Wildman–Crippen LogP) is 1.52. The minimum absolute atomic E-state index is 0.166. The second kappa shape index (κ2) is 1.73. The van der Waals surface area contributed by atoms with E-state index in [9.17, 15) is 0 Å². The van der Waals surface area contributed by atoms with Crippen LogP contribution >= 0.6 is 0 Å². The molecule has 2 atom stereocenters. The van der Waals surface area contributed by atoms with Gasteiger partial charge in [-0.1, -0.05) is 6.92 Å². The molecule has 48 valence electrons. The smallest absolute Gasteiger partial charge is 0.0128 e. The van der Waals surface area contributed by atoms with Gasteiger partial charge < -0.3 is 5.73 Å². The normalized spacial score (nSPS) is 47.6. The monoisotopic (exact) mass is 113 g/mol. The molecule has 0 aromatic rings. The van der Waals surface area contributed by atoms with Gasteiger partial charge in [-0.3, -0.25) is 0 Å². The van der Waals surface area contributed by atoms with Crippen LogP contribution in [0.2, 0.25) is 0 Å². The highest BCUT2D eigenvalue weighted by molar-refractivity contribution is 4.87. The molecule has 0 aliphatic heterocycles. The van der Waals surface area contributed by atoms with Crippen LogP contribution < -0.4 is 5.73 Å². The van der Waals surface area contributed by atoms with Crippen molar-refractivity contribution in [1.82, 2.24) is 0 Å². The van der Waals surface area contributed by atoms with E-state index in [0.29, 0.717) is 0 Å². The van der Waals surface area contributed by atoms with E-state index < -0.39 is 0 Å². The van der Waals surface area contributed by atoms with Gasteiger partial charge in [-0.05, 0) is 32.1 Å². The maximum absolute atomic E-state index is 5.87. The van der Waals surface area contributed by atoms with E-state index >= 15 is 0 Å². The van der Waals surface area contributed by atoms with E-state index in [-0.39, 0.29) is 5.54 Å². The maximum atomic E-state index is 5.87. The summed E-state index contributed by atoms with van der Waals surface area (Å²) in [7, 11) is 0. The average Bonchev–Trinajstić information content (AvgIpc) is 1.82. The first-order chi connectivity index (χ1) is 3.60. The largest absolute Gasteiger partial charge is 0.325 e. The maximum Gasteiger partial charge on any atom is 0.0128 e. The van der Waals surface area contributed by atoms with Gasteiger partial charge >= 0.3 is 0 Å². The molecule has 1 fully saturated rings. The first kappa shape index (κ1) is 6.09. The quantitative estimate of drug-likeness (QED) is 0.506. The average molecular weight is 113 g/mol. The molecule has 0 heterocycles. The summed E-state index contributed by atoms with van der Waals surface area (Å²) in [5, 5.41) is 0. The van der Waals surface area contributed by atoms with Crippen molar-refractivity contribution in [3.63, 3.8) is 0 Å². The molecule has 0 saturated heterocycles. The Morgan fingerprint density at radius 2 is 2.25 bits per heavy atom. The van der Waals surface area contributed by atoms with E-state index in [1.54, 1.807) is 0 Å². The highest BCUT2D eigenvalue weighted by atomic mass is 14.7. The van der Waals surface area contributed by atoms with Crippen LogP contribution in [0.4, 0.5) is 0 Å². The topological polar surface area (TPSA) is 26.0 Å². The van der Waals surface area contributed by atoms with Gasteiger partial charge in [0.05, 0.1) is 0 Å². The minimum atomic E-state index is 0.166. The molecule has 0 bridgehead atoms. The standard InChI is InChI=1S/C7H15N/c1-6-3-4-7(2,8)5-6/h6H,3-5,8H2,1-2H3. The van der Waals surface area contributed by atoms with Crippen LogP contribution in [-0.4, -0.2) is 5.54 Å². The number of hydrogen-bond donors (Lipinski definition) is 1. The summed E-state index contributed by atoms with van der Waals surface area (Å²) in [6.07, 6.45) is 3.76. The van der Waals surface area contributed by atoms with E-state index in [1.807, 2.05) is 0 Å². The Bertz CT molecular complexity index is 86.4. The lowest BCUT2D eigenvalue weighted by Gasteiger charge is -2.15. The third-order valence-corrected chi connectivity index (χ3v) is 2.02. The second-order valence-corrected chi connectivity index (χ2v) is 3.50. The Morgan fingerprint density at radius 1 is 1.62 bits per heavy atom. The number of nitrogens with two attached hydrogens (primary N) is 1. The molecule has 1 aliphatic rings. The summed E-state index contributed by atoms with van der Waals surface area (Å²) < 4.78 is 0. The number of rotatable bonds is 0. The molecular formula is C7H15N. The summed E-state index contributed by atoms with van der Waals surface area (Å²) >= 11 is 0. The van der Waals surface area contributed by atoms with Gasteiger partial charge in [0.25, 0.3) is 0 Å². The van der Waals surface area contributed by atoms with Gasteiger partial charge in [0.15, 0.2) is 0 Å². The SMILES string of the molecule is CC1CCC(C)(N)C1. The lowest BCUT2D eigenvalue weighted by molar-refractivity contribution is 0.464. The van der Waals surface area contributed by atoms with E-state index in [2.05, 4.69) is 13.8 Å². The van der Waals surface area contributed by atoms with Crippen molar-refractivity contribution < 1.29 is 0 Å².